The molecule has 0 aromatic rings. The average molecular weight is 342 g/mol. The minimum Gasteiger partial charge on any atom is -0.375 e. The number of rotatable bonds is 5. The third kappa shape index (κ3) is 5.13. The lowest BCUT2D eigenvalue weighted by atomic mass is 9.84. The number of halogens is 1. The summed E-state index contributed by atoms with van der Waals surface area (Å²) in [6.07, 6.45) is 6.12. The van der Waals surface area contributed by atoms with Crippen molar-refractivity contribution < 1.29 is 9.13 Å². The second kappa shape index (κ2) is 8.43. The minimum absolute atomic E-state index is 0.291. The van der Waals surface area contributed by atoms with Crippen LogP contribution in [0, 0.1) is 0 Å². The van der Waals surface area contributed by atoms with Crippen molar-refractivity contribution in [3.63, 3.8) is 0 Å². The van der Waals surface area contributed by atoms with Gasteiger partial charge in [0.15, 0.2) is 0 Å². The van der Waals surface area contributed by atoms with Gasteiger partial charge in [-0.25, -0.2) is 4.39 Å². The van der Waals surface area contributed by atoms with Gasteiger partial charge in [-0.05, 0) is 52.1 Å². The number of ether oxygens (including phenoxy) is 1. The molecule has 2 heterocycles. The SMILES string of the molecule is CCN1CCN(CC2(F)CCC(OC3CCN(C)CC3)CC2)CC1. The summed E-state index contributed by atoms with van der Waals surface area (Å²) in [6.45, 7) is 10.4. The summed E-state index contributed by atoms with van der Waals surface area (Å²) in [7, 11) is 2.18. The van der Waals surface area contributed by atoms with E-state index in [4.69, 9.17) is 4.74 Å². The summed E-state index contributed by atoms with van der Waals surface area (Å²) in [5, 5.41) is 0. The molecule has 3 rings (SSSR count). The molecule has 140 valence electrons. The number of likely N-dealkylation sites (tertiary alicyclic amines) is 1. The fraction of sp³-hybridized carbons (Fsp3) is 1.00. The molecule has 3 aliphatic rings. The van der Waals surface area contributed by atoms with Gasteiger partial charge in [0.1, 0.15) is 5.67 Å². The van der Waals surface area contributed by atoms with Gasteiger partial charge in [-0.2, -0.15) is 0 Å². The quantitative estimate of drug-likeness (QED) is 0.764. The van der Waals surface area contributed by atoms with E-state index in [1.807, 2.05) is 0 Å². The number of hydrogen-bond donors (Lipinski definition) is 0. The molecular weight excluding hydrogens is 305 g/mol. The normalized spacial score (nSPS) is 35.4. The van der Waals surface area contributed by atoms with E-state index in [0.717, 1.165) is 71.5 Å². The Morgan fingerprint density at radius 3 is 2.00 bits per heavy atom. The second-order valence-electron chi connectivity index (χ2n) is 8.20. The molecule has 1 aliphatic carbocycles. The highest BCUT2D eigenvalue weighted by molar-refractivity contribution is 4.91. The maximum absolute atomic E-state index is 15.2. The first-order chi connectivity index (χ1) is 11.6. The number of hydrogen-bond acceptors (Lipinski definition) is 4. The predicted molar refractivity (Wildman–Crippen MR) is 96.3 cm³/mol. The van der Waals surface area contributed by atoms with Gasteiger partial charge in [0, 0.05) is 45.8 Å². The largest absolute Gasteiger partial charge is 0.375 e. The van der Waals surface area contributed by atoms with Crippen molar-refractivity contribution in [2.75, 3.05) is 59.4 Å². The molecule has 0 unspecified atom stereocenters. The maximum atomic E-state index is 15.2. The van der Waals surface area contributed by atoms with Crippen molar-refractivity contribution in [1.82, 2.24) is 14.7 Å². The van der Waals surface area contributed by atoms with Crippen LogP contribution in [0.1, 0.15) is 45.4 Å². The monoisotopic (exact) mass is 341 g/mol. The molecule has 0 aromatic heterocycles. The third-order valence-corrected chi connectivity index (χ3v) is 6.30. The zero-order valence-corrected chi connectivity index (χ0v) is 15.7. The first kappa shape index (κ1) is 18.6. The molecule has 0 radical (unpaired) electrons. The molecule has 2 aliphatic heterocycles. The standard InChI is InChI=1S/C19H36FN3O/c1-3-22-12-14-23(15-13-22)16-19(20)8-4-17(5-9-19)24-18-6-10-21(2)11-7-18/h17-18H,3-16H2,1-2H3. The summed E-state index contributed by atoms with van der Waals surface area (Å²) >= 11 is 0. The van der Waals surface area contributed by atoms with Crippen molar-refractivity contribution in [1.29, 1.82) is 0 Å². The number of piperazine rings is 1. The lowest BCUT2D eigenvalue weighted by Crippen LogP contribution is -2.51. The molecule has 0 aromatic carbocycles. The number of likely N-dealkylation sites (N-methyl/N-ethyl adjacent to an activating group) is 1. The fourth-order valence-electron chi connectivity index (χ4n) is 4.46. The second-order valence-corrected chi connectivity index (χ2v) is 8.20. The van der Waals surface area contributed by atoms with Crippen molar-refractivity contribution in [3.05, 3.63) is 0 Å². The highest BCUT2D eigenvalue weighted by Crippen LogP contribution is 2.35. The molecule has 4 nitrogen and oxygen atoms in total. The van der Waals surface area contributed by atoms with Gasteiger partial charge in [0.25, 0.3) is 0 Å². The molecule has 24 heavy (non-hydrogen) atoms. The average Bonchev–Trinajstić information content (AvgIpc) is 2.60. The van der Waals surface area contributed by atoms with Gasteiger partial charge < -0.3 is 14.5 Å². The number of piperidine rings is 1. The molecule has 1 saturated carbocycles. The zero-order chi connectivity index (χ0) is 17.0. The van der Waals surface area contributed by atoms with E-state index in [9.17, 15) is 0 Å². The van der Waals surface area contributed by atoms with E-state index < -0.39 is 5.67 Å². The van der Waals surface area contributed by atoms with Gasteiger partial charge in [-0.3, -0.25) is 4.90 Å². The molecule has 5 heteroatoms. The van der Waals surface area contributed by atoms with Gasteiger partial charge in [0.2, 0.25) is 0 Å². The molecule has 2 saturated heterocycles. The summed E-state index contributed by atoms with van der Waals surface area (Å²) in [5.74, 6) is 0. The molecule has 0 bridgehead atoms. The van der Waals surface area contributed by atoms with Crippen LogP contribution in [-0.4, -0.2) is 92.0 Å². The summed E-state index contributed by atoms with van der Waals surface area (Å²) in [6, 6.07) is 0. The fourth-order valence-corrected chi connectivity index (χ4v) is 4.46. The Hall–Kier alpha value is -0.230. The zero-order valence-electron chi connectivity index (χ0n) is 15.7. The first-order valence-corrected chi connectivity index (χ1v) is 10.0. The Morgan fingerprint density at radius 1 is 0.875 bits per heavy atom. The van der Waals surface area contributed by atoms with Crippen molar-refractivity contribution in [2.24, 2.45) is 0 Å². The van der Waals surface area contributed by atoms with Gasteiger partial charge in [-0.1, -0.05) is 6.92 Å². The van der Waals surface area contributed by atoms with Gasteiger partial charge in [0.05, 0.1) is 12.2 Å². The van der Waals surface area contributed by atoms with E-state index >= 15 is 4.39 Å². The smallest absolute Gasteiger partial charge is 0.123 e. The van der Waals surface area contributed by atoms with Crippen molar-refractivity contribution >= 4 is 0 Å². The number of nitrogens with zero attached hydrogens (tertiary/aromatic N) is 3. The van der Waals surface area contributed by atoms with E-state index in [2.05, 4.69) is 28.7 Å². The lowest BCUT2D eigenvalue weighted by Gasteiger charge is -2.41. The van der Waals surface area contributed by atoms with Crippen LogP contribution in [0.3, 0.4) is 0 Å². The van der Waals surface area contributed by atoms with E-state index in [1.165, 1.54) is 0 Å². The topological polar surface area (TPSA) is 19.0 Å². The summed E-state index contributed by atoms with van der Waals surface area (Å²) in [5.41, 5.74) is -0.985. The lowest BCUT2D eigenvalue weighted by molar-refractivity contribution is -0.0789. The van der Waals surface area contributed by atoms with Crippen molar-refractivity contribution in [3.8, 4) is 0 Å². The van der Waals surface area contributed by atoms with Crippen LogP contribution in [0.5, 0.6) is 0 Å². The van der Waals surface area contributed by atoms with Crippen LogP contribution in [-0.2, 0) is 4.74 Å². The molecule has 3 fully saturated rings. The van der Waals surface area contributed by atoms with Crippen LogP contribution in [0.15, 0.2) is 0 Å². The Labute approximate surface area is 147 Å². The minimum atomic E-state index is -0.985. The van der Waals surface area contributed by atoms with Crippen LogP contribution in [0.25, 0.3) is 0 Å². The summed E-state index contributed by atoms with van der Waals surface area (Å²) < 4.78 is 21.5. The van der Waals surface area contributed by atoms with E-state index in [1.54, 1.807) is 0 Å². The Morgan fingerprint density at radius 2 is 1.42 bits per heavy atom. The highest BCUT2D eigenvalue weighted by Gasteiger charge is 2.38. The van der Waals surface area contributed by atoms with Gasteiger partial charge in [-0.15, -0.1) is 0 Å². The molecule has 0 atom stereocenters. The molecule has 0 N–H and O–H groups in total. The maximum Gasteiger partial charge on any atom is 0.123 e. The van der Waals surface area contributed by atoms with E-state index in [0.29, 0.717) is 31.6 Å². The Kier molecular flexibility index (Phi) is 6.52. The first-order valence-electron chi connectivity index (χ1n) is 10.0. The molecular formula is C19H36FN3O. The Bertz CT molecular complexity index is 371. The van der Waals surface area contributed by atoms with Crippen LogP contribution < -0.4 is 0 Å². The third-order valence-electron chi connectivity index (χ3n) is 6.30. The van der Waals surface area contributed by atoms with Crippen LogP contribution in [0.4, 0.5) is 4.39 Å². The number of alkyl halides is 1. The van der Waals surface area contributed by atoms with Crippen molar-refractivity contribution in [2.45, 2.75) is 63.3 Å². The molecule has 0 spiro atoms. The highest BCUT2D eigenvalue weighted by atomic mass is 19.1. The van der Waals surface area contributed by atoms with Crippen LogP contribution in [0.2, 0.25) is 0 Å². The Balaban J connectivity index is 1.37. The summed E-state index contributed by atoms with van der Waals surface area (Å²) in [4.78, 5) is 7.16. The van der Waals surface area contributed by atoms with E-state index in [-0.39, 0.29) is 0 Å². The molecule has 0 amide bonds. The predicted octanol–water partition coefficient (Wildman–Crippen LogP) is 2.39. The van der Waals surface area contributed by atoms with Crippen LogP contribution >= 0.6 is 0 Å². The van der Waals surface area contributed by atoms with Gasteiger partial charge >= 0.3 is 0 Å².